The van der Waals surface area contributed by atoms with E-state index in [1.807, 2.05) is 0 Å². The van der Waals surface area contributed by atoms with E-state index >= 15 is 0 Å². The van der Waals surface area contributed by atoms with Gasteiger partial charge in [0.1, 0.15) is 5.75 Å². The van der Waals surface area contributed by atoms with Crippen LogP contribution in [0, 0.1) is 12.3 Å². The molecular formula is C13H20N2O4S. The van der Waals surface area contributed by atoms with Crippen LogP contribution in [0.2, 0.25) is 0 Å². The van der Waals surface area contributed by atoms with Crippen molar-refractivity contribution < 1.29 is 17.7 Å². The van der Waals surface area contributed by atoms with Crippen molar-refractivity contribution in [3.63, 3.8) is 0 Å². The molecule has 3 rings (SSSR count). The van der Waals surface area contributed by atoms with Crippen LogP contribution in [0.25, 0.3) is 0 Å². The Bertz CT molecular complexity index is 591. The SMILES string of the molecule is CO[C@H]1C[C@H](NS(=O)(=O)Cc2cc(C)no2)C12CCC2. The van der Waals surface area contributed by atoms with E-state index in [4.69, 9.17) is 9.26 Å². The van der Waals surface area contributed by atoms with Crippen molar-refractivity contribution in [2.24, 2.45) is 5.41 Å². The molecule has 0 saturated heterocycles. The first-order valence-electron chi connectivity index (χ1n) is 6.90. The molecule has 112 valence electrons. The van der Waals surface area contributed by atoms with Crippen LogP contribution in [0.3, 0.4) is 0 Å². The largest absolute Gasteiger partial charge is 0.381 e. The number of nitrogens with zero attached hydrogens (tertiary/aromatic N) is 1. The number of hydrogen-bond acceptors (Lipinski definition) is 5. The van der Waals surface area contributed by atoms with Gasteiger partial charge in [-0.25, -0.2) is 13.1 Å². The minimum Gasteiger partial charge on any atom is -0.381 e. The van der Waals surface area contributed by atoms with Crippen molar-refractivity contribution in [2.45, 2.75) is 50.5 Å². The average molecular weight is 300 g/mol. The number of nitrogens with one attached hydrogen (secondary N) is 1. The molecule has 0 radical (unpaired) electrons. The molecule has 1 aromatic rings. The number of sulfonamides is 1. The summed E-state index contributed by atoms with van der Waals surface area (Å²) in [6.45, 7) is 1.77. The van der Waals surface area contributed by atoms with Crippen LogP contribution in [-0.4, -0.2) is 32.8 Å². The summed E-state index contributed by atoms with van der Waals surface area (Å²) in [5, 5.41) is 3.71. The normalized spacial score (nSPS) is 28.1. The Hall–Kier alpha value is -0.920. The first-order valence-corrected chi connectivity index (χ1v) is 8.55. The molecule has 2 saturated carbocycles. The molecular weight excluding hydrogens is 280 g/mol. The summed E-state index contributed by atoms with van der Waals surface area (Å²) in [5.74, 6) is 0.221. The molecule has 6 nitrogen and oxygen atoms in total. The minimum absolute atomic E-state index is 0.00443. The van der Waals surface area contributed by atoms with Crippen molar-refractivity contribution >= 4 is 10.0 Å². The monoisotopic (exact) mass is 300 g/mol. The van der Waals surface area contributed by atoms with Gasteiger partial charge in [-0.3, -0.25) is 0 Å². The summed E-state index contributed by atoms with van der Waals surface area (Å²) in [7, 11) is -1.70. The molecule has 0 amide bonds. The molecule has 1 N–H and O–H groups in total. The number of ether oxygens (including phenoxy) is 1. The highest BCUT2D eigenvalue weighted by molar-refractivity contribution is 7.88. The third-order valence-corrected chi connectivity index (χ3v) is 5.99. The summed E-state index contributed by atoms with van der Waals surface area (Å²) in [5.41, 5.74) is 0.716. The van der Waals surface area contributed by atoms with Crippen LogP contribution in [0.5, 0.6) is 0 Å². The highest BCUT2D eigenvalue weighted by Gasteiger charge is 2.59. The smallest absolute Gasteiger partial charge is 0.219 e. The highest BCUT2D eigenvalue weighted by Crippen LogP contribution is 2.57. The molecule has 2 fully saturated rings. The van der Waals surface area contributed by atoms with Gasteiger partial charge in [-0.1, -0.05) is 11.6 Å². The van der Waals surface area contributed by atoms with Crippen LogP contribution in [0.15, 0.2) is 10.6 Å². The van der Waals surface area contributed by atoms with Crippen molar-refractivity contribution in [1.82, 2.24) is 9.88 Å². The zero-order valence-electron chi connectivity index (χ0n) is 11.8. The fourth-order valence-corrected chi connectivity index (χ4v) is 4.79. The molecule has 2 atom stereocenters. The second-order valence-corrected chi connectivity index (χ2v) is 7.66. The van der Waals surface area contributed by atoms with Crippen molar-refractivity contribution in [3.8, 4) is 0 Å². The van der Waals surface area contributed by atoms with Gasteiger partial charge < -0.3 is 9.26 Å². The van der Waals surface area contributed by atoms with E-state index in [1.54, 1.807) is 20.1 Å². The second-order valence-electron chi connectivity index (χ2n) is 5.91. The first-order chi connectivity index (χ1) is 9.45. The van der Waals surface area contributed by atoms with Gasteiger partial charge in [0.25, 0.3) is 0 Å². The Morgan fingerprint density at radius 1 is 1.55 bits per heavy atom. The third kappa shape index (κ3) is 2.27. The molecule has 0 aliphatic heterocycles. The molecule has 2 aliphatic rings. The van der Waals surface area contributed by atoms with E-state index < -0.39 is 10.0 Å². The Labute approximate surface area is 118 Å². The zero-order chi connectivity index (χ0) is 14.4. The lowest BCUT2D eigenvalue weighted by Gasteiger charge is -2.60. The van der Waals surface area contributed by atoms with E-state index in [9.17, 15) is 8.42 Å². The van der Waals surface area contributed by atoms with Crippen molar-refractivity contribution in [3.05, 3.63) is 17.5 Å². The first kappa shape index (κ1) is 14.0. The lowest BCUT2D eigenvalue weighted by Crippen LogP contribution is -2.67. The minimum atomic E-state index is -3.40. The standard InChI is InChI=1S/C13H20N2O4S/c1-9-6-10(19-14-9)8-20(16,17)15-11-7-12(18-2)13(11)4-3-5-13/h6,11-12,15H,3-5,7-8H2,1-2H3/t11-,12-/m0/s1. The topological polar surface area (TPSA) is 81.4 Å². The lowest BCUT2D eigenvalue weighted by atomic mass is 9.51. The molecule has 0 aromatic carbocycles. The van der Waals surface area contributed by atoms with Gasteiger partial charge in [-0.15, -0.1) is 0 Å². The van der Waals surface area contributed by atoms with E-state index in [2.05, 4.69) is 9.88 Å². The summed E-state index contributed by atoms with van der Waals surface area (Å²) >= 11 is 0. The van der Waals surface area contributed by atoms with E-state index in [0.29, 0.717) is 11.5 Å². The second kappa shape index (κ2) is 4.82. The van der Waals surface area contributed by atoms with Gasteiger partial charge in [0.05, 0.1) is 11.8 Å². The number of rotatable bonds is 5. The van der Waals surface area contributed by atoms with Crippen LogP contribution in [0.4, 0.5) is 0 Å². The summed E-state index contributed by atoms with van der Waals surface area (Å²) in [4.78, 5) is 0. The van der Waals surface area contributed by atoms with Gasteiger partial charge in [0.15, 0.2) is 5.76 Å². The number of aryl methyl sites for hydroxylation is 1. The summed E-state index contributed by atoms with van der Waals surface area (Å²) in [6, 6.07) is 1.65. The van der Waals surface area contributed by atoms with E-state index in [1.165, 1.54) is 0 Å². The third-order valence-electron chi connectivity index (χ3n) is 4.68. The highest BCUT2D eigenvalue weighted by atomic mass is 32.2. The Kier molecular flexibility index (Phi) is 3.38. The van der Waals surface area contributed by atoms with Gasteiger partial charge in [-0.05, 0) is 26.2 Å². The number of hydrogen-bond donors (Lipinski definition) is 1. The Balaban J connectivity index is 1.65. The quantitative estimate of drug-likeness (QED) is 0.888. The predicted octanol–water partition coefficient (Wildman–Crippen LogP) is 1.36. The molecule has 7 heteroatoms. The van der Waals surface area contributed by atoms with Gasteiger partial charge in [-0.2, -0.15) is 0 Å². The molecule has 20 heavy (non-hydrogen) atoms. The average Bonchev–Trinajstić information content (AvgIpc) is 2.66. The lowest BCUT2D eigenvalue weighted by molar-refractivity contribution is -0.155. The van der Waals surface area contributed by atoms with Gasteiger partial charge in [0, 0.05) is 24.6 Å². The van der Waals surface area contributed by atoms with Crippen molar-refractivity contribution in [1.29, 1.82) is 0 Å². The molecule has 2 aliphatic carbocycles. The maximum absolute atomic E-state index is 12.2. The van der Waals surface area contributed by atoms with Gasteiger partial charge in [0.2, 0.25) is 10.0 Å². The maximum atomic E-state index is 12.2. The summed E-state index contributed by atoms with van der Waals surface area (Å²) < 4.78 is 37.6. The fraction of sp³-hybridized carbons (Fsp3) is 0.769. The molecule has 0 bridgehead atoms. The van der Waals surface area contributed by atoms with E-state index in [0.717, 1.165) is 25.7 Å². The Morgan fingerprint density at radius 2 is 2.30 bits per heavy atom. The van der Waals surface area contributed by atoms with Crippen LogP contribution >= 0.6 is 0 Å². The Morgan fingerprint density at radius 3 is 2.80 bits per heavy atom. The van der Waals surface area contributed by atoms with Crippen LogP contribution in [0.1, 0.15) is 37.1 Å². The molecule has 0 unspecified atom stereocenters. The predicted molar refractivity (Wildman–Crippen MR) is 72.5 cm³/mol. The number of aromatic nitrogens is 1. The van der Waals surface area contributed by atoms with E-state index in [-0.39, 0.29) is 23.3 Å². The number of methoxy groups -OCH3 is 1. The van der Waals surface area contributed by atoms with Crippen molar-refractivity contribution in [2.75, 3.05) is 7.11 Å². The summed E-state index contributed by atoms with van der Waals surface area (Å²) in [6.07, 6.45) is 4.18. The molecule has 1 spiro atoms. The zero-order valence-corrected chi connectivity index (χ0v) is 12.6. The maximum Gasteiger partial charge on any atom is 0.219 e. The molecule has 1 heterocycles. The fourth-order valence-electron chi connectivity index (χ4n) is 3.43. The van der Waals surface area contributed by atoms with Crippen LogP contribution in [-0.2, 0) is 20.5 Å². The van der Waals surface area contributed by atoms with Crippen LogP contribution < -0.4 is 4.72 Å². The molecule has 1 aromatic heterocycles. The van der Waals surface area contributed by atoms with Gasteiger partial charge >= 0.3 is 0 Å².